The van der Waals surface area contributed by atoms with Crippen LogP contribution in [0.3, 0.4) is 0 Å². The van der Waals surface area contributed by atoms with Crippen molar-refractivity contribution in [2.24, 2.45) is 0 Å². The van der Waals surface area contributed by atoms with Crippen LogP contribution in [0.1, 0.15) is 5.56 Å². The normalized spacial score (nSPS) is 15.7. The second kappa shape index (κ2) is 6.29. The van der Waals surface area contributed by atoms with Crippen LogP contribution in [-0.2, 0) is 11.3 Å². The lowest BCUT2D eigenvalue weighted by Gasteiger charge is -2.38. The summed E-state index contributed by atoms with van der Waals surface area (Å²) in [5, 5.41) is 0. The van der Waals surface area contributed by atoms with Crippen LogP contribution in [0.15, 0.2) is 30.6 Å². The maximum Gasteiger partial charge on any atom is 0.282 e. The molecule has 1 aromatic carbocycles. The number of hydrogen-bond donors (Lipinski definition) is 0. The van der Waals surface area contributed by atoms with Crippen LogP contribution < -0.4 is 0 Å². The Morgan fingerprint density at radius 1 is 1.18 bits per heavy atom. The highest BCUT2D eigenvalue weighted by Crippen LogP contribution is 2.30. The van der Waals surface area contributed by atoms with Gasteiger partial charge in [-0.2, -0.15) is 0 Å². The lowest BCUT2D eigenvalue weighted by molar-refractivity contribution is -0.166. The zero-order valence-corrected chi connectivity index (χ0v) is 14.6. The van der Waals surface area contributed by atoms with E-state index in [0.717, 1.165) is 17.2 Å². The standard InChI is InChI=1S/C19H14F5N3O/c1-10-13(20)3-2-12(17(10)22)11-4-15-18(25-5-11)14(21)6-26(15)7-16(28)27-8-19(23,24)9-27/h2-6H,7-9H2,1H3. The number of pyridine rings is 1. The van der Waals surface area contributed by atoms with Gasteiger partial charge in [0.2, 0.25) is 5.91 Å². The number of hydrogen-bond acceptors (Lipinski definition) is 2. The molecule has 3 heterocycles. The molecule has 0 aliphatic carbocycles. The van der Waals surface area contributed by atoms with E-state index in [1.807, 2.05) is 0 Å². The zero-order valence-electron chi connectivity index (χ0n) is 14.6. The van der Waals surface area contributed by atoms with Crippen molar-refractivity contribution >= 4 is 16.9 Å². The van der Waals surface area contributed by atoms with Gasteiger partial charge in [0.25, 0.3) is 5.92 Å². The Morgan fingerprint density at radius 2 is 1.89 bits per heavy atom. The van der Waals surface area contributed by atoms with E-state index in [4.69, 9.17) is 0 Å². The fourth-order valence-electron chi connectivity index (χ4n) is 3.22. The van der Waals surface area contributed by atoms with Gasteiger partial charge in [0, 0.05) is 29.1 Å². The van der Waals surface area contributed by atoms with E-state index in [1.165, 1.54) is 29.8 Å². The van der Waals surface area contributed by atoms with Crippen molar-refractivity contribution in [3.8, 4) is 11.1 Å². The Morgan fingerprint density at radius 3 is 2.57 bits per heavy atom. The highest BCUT2D eigenvalue weighted by molar-refractivity contribution is 5.85. The maximum absolute atomic E-state index is 14.4. The third kappa shape index (κ3) is 3.00. The summed E-state index contributed by atoms with van der Waals surface area (Å²) in [6.07, 6.45) is 2.30. The SMILES string of the molecule is Cc1c(F)ccc(-c2cnc3c(F)cn(CC(=O)N4CC(F)(F)C4)c3c2)c1F. The molecule has 1 aliphatic heterocycles. The lowest BCUT2D eigenvalue weighted by Crippen LogP contribution is -2.59. The number of carbonyl (C=O) groups is 1. The smallest absolute Gasteiger partial charge is 0.282 e. The molecule has 9 heteroatoms. The molecule has 1 amide bonds. The topological polar surface area (TPSA) is 38.1 Å². The van der Waals surface area contributed by atoms with E-state index in [-0.39, 0.29) is 34.3 Å². The van der Waals surface area contributed by atoms with E-state index >= 15 is 0 Å². The summed E-state index contributed by atoms with van der Waals surface area (Å²) >= 11 is 0. The average Bonchev–Trinajstić information content (AvgIpc) is 2.93. The Labute approximate surface area is 156 Å². The first-order chi connectivity index (χ1) is 13.2. The van der Waals surface area contributed by atoms with Gasteiger partial charge in [-0.05, 0) is 25.1 Å². The van der Waals surface area contributed by atoms with Gasteiger partial charge < -0.3 is 9.47 Å². The van der Waals surface area contributed by atoms with Gasteiger partial charge in [-0.3, -0.25) is 9.78 Å². The van der Waals surface area contributed by atoms with Gasteiger partial charge in [-0.1, -0.05) is 0 Å². The summed E-state index contributed by atoms with van der Waals surface area (Å²) < 4.78 is 69.2. The molecule has 1 aliphatic rings. The first kappa shape index (κ1) is 18.4. The lowest BCUT2D eigenvalue weighted by atomic mass is 10.0. The Kier molecular flexibility index (Phi) is 4.13. The summed E-state index contributed by atoms with van der Waals surface area (Å²) in [6.45, 7) is -0.398. The summed E-state index contributed by atoms with van der Waals surface area (Å²) in [5.74, 6) is -5.64. The molecule has 2 aromatic heterocycles. The first-order valence-electron chi connectivity index (χ1n) is 8.41. The number of benzene rings is 1. The Balaban J connectivity index is 1.71. The van der Waals surface area contributed by atoms with Crippen molar-refractivity contribution in [2.45, 2.75) is 19.4 Å². The number of amides is 1. The highest BCUT2D eigenvalue weighted by atomic mass is 19.3. The Hall–Kier alpha value is -2.97. The fraction of sp³-hybridized carbons (Fsp3) is 0.263. The predicted octanol–water partition coefficient (Wildman–Crippen LogP) is 3.91. The zero-order chi connectivity index (χ0) is 20.2. The molecule has 4 rings (SSSR count). The largest absolute Gasteiger partial charge is 0.334 e. The first-order valence-corrected chi connectivity index (χ1v) is 8.41. The summed E-state index contributed by atoms with van der Waals surface area (Å²) in [4.78, 5) is 17.1. The van der Waals surface area contributed by atoms with Gasteiger partial charge in [-0.15, -0.1) is 0 Å². The summed E-state index contributed by atoms with van der Waals surface area (Å²) in [7, 11) is 0. The van der Waals surface area contributed by atoms with Crippen LogP contribution in [-0.4, -0.2) is 39.4 Å². The minimum Gasteiger partial charge on any atom is -0.334 e. The van der Waals surface area contributed by atoms with Gasteiger partial charge >= 0.3 is 0 Å². The van der Waals surface area contributed by atoms with Crippen LogP contribution in [0.25, 0.3) is 22.2 Å². The van der Waals surface area contributed by atoms with Crippen LogP contribution >= 0.6 is 0 Å². The van der Waals surface area contributed by atoms with Crippen molar-refractivity contribution in [1.29, 1.82) is 0 Å². The minimum atomic E-state index is -2.90. The summed E-state index contributed by atoms with van der Waals surface area (Å²) in [6, 6.07) is 3.79. The second-order valence-electron chi connectivity index (χ2n) is 6.84. The van der Waals surface area contributed by atoms with Crippen molar-refractivity contribution in [3.05, 3.63) is 53.6 Å². The number of likely N-dealkylation sites (tertiary alicyclic amines) is 1. The quantitative estimate of drug-likeness (QED) is 0.631. The van der Waals surface area contributed by atoms with Crippen LogP contribution in [0.5, 0.6) is 0 Å². The molecular weight excluding hydrogens is 381 g/mol. The molecule has 1 saturated heterocycles. The third-order valence-corrected chi connectivity index (χ3v) is 4.81. The van der Waals surface area contributed by atoms with Crippen molar-refractivity contribution in [2.75, 3.05) is 13.1 Å². The molecule has 28 heavy (non-hydrogen) atoms. The van der Waals surface area contributed by atoms with E-state index in [1.54, 1.807) is 0 Å². The molecule has 0 N–H and O–H groups in total. The van der Waals surface area contributed by atoms with E-state index in [0.29, 0.717) is 0 Å². The summed E-state index contributed by atoms with van der Waals surface area (Å²) in [5.41, 5.74) is 0.361. The predicted molar refractivity (Wildman–Crippen MR) is 91.3 cm³/mol. The maximum atomic E-state index is 14.4. The molecule has 0 unspecified atom stereocenters. The number of alkyl halides is 2. The van der Waals surface area contributed by atoms with Gasteiger partial charge in [0.1, 0.15) is 23.7 Å². The van der Waals surface area contributed by atoms with Crippen LogP contribution in [0.4, 0.5) is 22.0 Å². The molecule has 4 nitrogen and oxygen atoms in total. The molecule has 0 radical (unpaired) electrons. The van der Waals surface area contributed by atoms with E-state index in [2.05, 4.69) is 4.98 Å². The van der Waals surface area contributed by atoms with Gasteiger partial charge in [0.05, 0.1) is 18.6 Å². The number of aromatic nitrogens is 2. The van der Waals surface area contributed by atoms with Crippen LogP contribution in [0.2, 0.25) is 0 Å². The molecule has 0 atom stereocenters. The highest BCUT2D eigenvalue weighted by Gasteiger charge is 2.46. The molecular formula is C19H14F5N3O. The molecule has 1 fully saturated rings. The van der Waals surface area contributed by atoms with Gasteiger partial charge in [-0.25, -0.2) is 22.0 Å². The molecule has 0 bridgehead atoms. The number of carbonyl (C=O) groups excluding carboxylic acids is 1. The number of rotatable bonds is 3. The fourth-order valence-corrected chi connectivity index (χ4v) is 3.22. The van der Waals surface area contributed by atoms with E-state index in [9.17, 15) is 26.7 Å². The third-order valence-electron chi connectivity index (χ3n) is 4.81. The van der Waals surface area contributed by atoms with Crippen LogP contribution in [0, 0.1) is 24.4 Å². The molecule has 0 saturated carbocycles. The van der Waals surface area contributed by atoms with Crippen molar-refractivity contribution < 1.29 is 26.7 Å². The Bertz CT molecular complexity index is 1100. The number of fused-ring (bicyclic) bond motifs is 1. The number of nitrogens with zero attached hydrogens (tertiary/aromatic N) is 3. The second-order valence-corrected chi connectivity index (χ2v) is 6.84. The average molecular weight is 395 g/mol. The molecule has 0 spiro atoms. The van der Waals surface area contributed by atoms with Crippen molar-refractivity contribution in [1.82, 2.24) is 14.5 Å². The van der Waals surface area contributed by atoms with E-state index < -0.39 is 42.4 Å². The monoisotopic (exact) mass is 395 g/mol. The van der Waals surface area contributed by atoms with Crippen molar-refractivity contribution in [3.63, 3.8) is 0 Å². The molecule has 146 valence electrons. The minimum absolute atomic E-state index is 0.0373. The number of halogens is 5. The van der Waals surface area contributed by atoms with Gasteiger partial charge in [0.15, 0.2) is 5.82 Å². The molecule has 3 aromatic rings.